The number of hydrogen-bond acceptors (Lipinski definition) is 3. The molecule has 33 heavy (non-hydrogen) atoms. The van der Waals surface area contributed by atoms with Crippen LogP contribution in [0.2, 0.25) is 0 Å². The SMILES string of the molecule is COC(=O)N1c2ccc3c(nc(Cc4ccccc4)n3[C@@H](C)C3CCCCC3)c2CC[C@@H]1C. The minimum atomic E-state index is -0.290. The third-order valence-electron chi connectivity index (χ3n) is 7.84. The molecule has 1 aromatic heterocycles. The summed E-state index contributed by atoms with van der Waals surface area (Å²) in [5.41, 5.74) is 5.68. The molecule has 0 spiro atoms. The molecular formula is C28H35N3O2. The van der Waals surface area contributed by atoms with Gasteiger partial charge in [-0.15, -0.1) is 0 Å². The number of anilines is 1. The van der Waals surface area contributed by atoms with Crippen LogP contribution >= 0.6 is 0 Å². The number of hydrogen-bond donors (Lipinski definition) is 0. The maximum Gasteiger partial charge on any atom is 0.414 e. The van der Waals surface area contributed by atoms with Crippen molar-refractivity contribution in [1.29, 1.82) is 0 Å². The first kappa shape index (κ1) is 22.0. The lowest BCUT2D eigenvalue weighted by atomic mass is 9.84. The molecule has 5 heteroatoms. The van der Waals surface area contributed by atoms with Crippen molar-refractivity contribution in [2.75, 3.05) is 12.0 Å². The fraction of sp³-hybridized carbons (Fsp3) is 0.500. The van der Waals surface area contributed by atoms with Crippen molar-refractivity contribution in [2.24, 2.45) is 5.92 Å². The highest BCUT2D eigenvalue weighted by Crippen LogP contribution is 2.40. The Morgan fingerprint density at radius 2 is 1.85 bits per heavy atom. The van der Waals surface area contributed by atoms with Crippen LogP contribution in [0.1, 0.15) is 75.4 Å². The van der Waals surface area contributed by atoms with Gasteiger partial charge in [-0.2, -0.15) is 0 Å². The van der Waals surface area contributed by atoms with Gasteiger partial charge in [0.2, 0.25) is 0 Å². The number of methoxy groups -OCH3 is 1. The van der Waals surface area contributed by atoms with Crippen LogP contribution in [0.15, 0.2) is 42.5 Å². The van der Waals surface area contributed by atoms with Crippen molar-refractivity contribution in [2.45, 2.75) is 77.3 Å². The first-order valence-electron chi connectivity index (χ1n) is 12.5. The molecule has 0 radical (unpaired) electrons. The summed E-state index contributed by atoms with van der Waals surface area (Å²) >= 11 is 0. The highest BCUT2D eigenvalue weighted by Gasteiger charge is 2.32. The van der Waals surface area contributed by atoms with Crippen LogP contribution in [0.3, 0.4) is 0 Å². The molecule has 2 aliphatic rings. The Hall–Kier alpha value is -2.82. The monoisotopic (exact) mass is 445 g/mol. The van der Waals surface area contributed by atoms with Crippen molar-refractivity contribution in [3.8, 4) is 0 Å². The van der Waals surface area contributed by atoms with Crippen LogP contribution in [0.25, 0.3) is 11.0 Å². The molecule has 5 nitrogen and oxygen atoms in total. The molecule has 0 saturated heterocycles. The molecule has 0 bridgehead atoms. The molecule has 5 rings (SSSR count). The van der Waals surface area contributed by atoms with E-state index in [0.717, 1.165) is 36.3 Å². The van der Waals surface area contributed by atoms with Gasteiger partial charge < -0.3 is 9.30 Å². The van der Waals surface area contributed by atoms with Gasteiger partial charge in [0, 0.05) is 24.1 Å². The first-order chi connectivity index (χ1) is 16.1. The molecule has 3 aromatic rings. The maximum absolute atomic E-state index is 12.6. The normalized spacial score (nSPS) is 20.0. The van der Waals surface area contributed by atoms with E-state index in [1.165, 1.54) is 55.9 Å². The topological polar surface area (TPSA) is 47.4 Å². The van der Waals surface area contributed by atoms with E-state index in [4.69, 9.17) is 9.72 Å². The van der Waals surface area contributed by atoms with Crippen LogP contribution in [-0.4, -0.2) is 28.8 Å². The molecule has 0 unspecified atom stereocenters. The number of aryl methyl sites for hydroxylation is 1. The second-order valence-corrected chi connectivity index (χ2v) is 9.86. The van der Waals surface area contributed by atoms with E-state index in [9.17, 15) is 4.79 Å². The Kier molecular flexibility index (Phi) is 6.13. The summed E-state index contributed by atoms with van der Waals surface area (Å²) in [6.07, 6.45) is 8.99. The number of imidazole rings is 1. The van der Waals surface area contributed by atoms with E-state index in [0.29, 0.717) is 12.0 Å². The van der Waals surface area contributed by atoms with Gasteiger partial charge in [0.1, 0.15) is 5.82 Å². The summed E-state index contributed by atoms with van der Waals surface area (Å²) in [6.45, 7) is 4.47. The minimum absolute atomic E-state index is 0.120. The van der Waals surface area contributed by atoms with Crippen LogP contribution in [0.5, 0.6) is 0 Å². The molecule has 2 atom stereocenters. The lowest BCUT2D eigenvalue weighted by molar-refractivity contribution is 0.175. The lowest BCUT2D eigenvalue weighted by Gasteiger charge is -2.34. The molecule has 1 aliphatic heterocycles. The number of carbonyl (C=O) groups is 1. The van der Waals surface area contributed by atoms with Crippen molar-refractivity contribution in [3.05, 3.63) is 59.4 Å². The summed E-state index contributed by atoms with van der Waals surface area (Å²) in [5.74, 6) is 1.82. The van der Waals surface area contributed by atoms with Gasteiger partial charge in [0.25, 0.3) is 0 Å². The summed E-state index contributed by atoms with van der Waals surface area (Å²) in [5, 5.41) is 0. The predicted molar refractivity (Wildman–Crippen MR) is 133 cm³/mol. The highest BCUT2D eigenvalue weighted by molar-refractivity contribution is 5.95. The second kappa shape index (κ2) is 9.20. The van der Waals surface area contributed by atoms with Crippen LogP contribution < -0.4 is 4.90 Å². The number of carbonyl (C=O) groups excluding carboxylic acids is 1. The standard InChI is InChI=1S/C28H35N3O2/c1-19-14-15-23-24(30(19)28(32)33-3)16-17-25-27(23)29-26(18-21-10-6-4-7-11-21)31(25)20(2)22-12-8-5-9-13-22/h4,6-7,10-11,16-17,19-20,22H,5,8-9,12-15,18H2,1-3H3/t19-,20-/m0/s1. The fourth-order valence-corrected chi connectivity index (χ4v) is 6.01. The van der Waals surface area contributed by atoms with E-state index in [1.54, 1.807) is 4.90 Å². The van der Waals surface area contributed by atoms with Crippen LogP contribution in [-0.2, 0) is 17.6 Å². The van der Waals surface area contributed by atoms with Gasteiger partial charge in [-0.1, -0.05) is 49.6 Å². The number of rotatable bonds is 4. The molecule has 0 N–H and O–H groups in total. The summed E-state index contributed by atoms with van der Waals surface area (Å²) in [7, 11) is 1.46. The molecule has 1 saturated carbocycles. The maximum atomic E-state index is 12.6. The van der Waals surface area contributed by atoms with Crippen molar-refractivity contribution >= 4 is 22.8 Å². The van der Waals surface area contributed by atoms with Gasteiger partial charge in [-0.05, 0) is 63.1 Å². The van der Waals surface area contributed by atoms with Gasteiger partial charge >= 0.3 is 6.09 Å². The average Bonchev–Trinajstić information content (AvgIpc) is 3.22. The zero-order chi connectivity index (χ0) is 22.9. The average molecular weight is 446 g/mol. The minimum Gasteiger partial charge on any atom is -0.452 e. The number of benzene rings is 2. The number of ether oxygens (including phenoxy) is 1. The van der Waals surface area contributed by atoms with Crippen LogP contribution in [0.4, 0.5) is 10.5 Å². The molecular weight excluding hydrogens is 410 g/mol. The third-order valence-corrected chi connectivity index (χ3v) is 7.84. The zero-order valence-electron chi connectivity index (χ0n) is 20.1. The zero-order valence-corrected chi connectivity index (χ0v) is 20.1. The Labute approximate surface area is 196 Å². The summed E-state index contributed by atoms with van der Waals surface area (Å²) in [6, 6.07) is 15.5. The Balaban J connectivity index is 1.65. The highest BCUT2D eigenvalue weighted by atomic mass is 16.5. The van der Waals surface area contributed by atoms with Gasteiger partial charge in [-0.3, -0.25) is 4.90 Å². The second-order valence-electron chi connectivity index (χ2n) is 9.86. The van der Waals surface area contributed by atoms with Crippen LogP contribution in [0, 0.1) is 5.92 Å². The van der Waals surface area contributed by atoms with E-state index < -0.39 is 0 Å². The van der Waals surface area contributed by atoms with Gasteiger partial charge in [0.15, 0.2) is 0 Å². The molecule has 1 fully saturated rings. The lowest BCUT2D eigenvalue weighted by Crippen LogP contribution is -2.42. The number of amides is 1. The third kappa shape index (κ3) is 4.03. The molecule has 1 aliphatic carbocycles. The van der Waals surface area contributed by atoms with Gasteiger partial charge in [-0.25, -0.2) is 9.78 Å². The van der Waals surface area contributed by atoms with Crippen molar-refractivity contribution < 1.29 is 9.53 Å². The predicted octanol–water partition coefficient (Wildman–Crippen LogP) is 6.68. The first-order valence-corrected chi connectivity index (χ1v) is 12.5. The number of aromatic nitrogens is 2. The number of nitrogens with zero attached hydrogens (tertiary/aromatic N) is 3. The summed E-state index contributed by atoms with van der Waals surface area (Å²) < 4.78 is 7.63. The fourth-order valence-electron chi connectivity index (χ4n) is 6.01. The Bertz CT molecular complexity index is 1130. The van der Waals surface area contributed by atoms with E-state index in [1.807, 2.05) is 0 Å². The molecule has 2 aromatic carbocycles. The quantitative estimate of drug-likeness (QED) is 0.450. The number of fused-ring (bicyclic) bond motifs is 3. The Morgan fingerprint density at radius 3 is 2.58 bits per heavy atom. The molecule has 2 heterocycles. The van der Waals surface area contributed by atoms with Crippen molar-refractivity contribution in [3.63, 3.8) is 0 Å². The molecule has 1 amide bonds. The largest absolute Gasteiger partial charge is 0.452 e. The van der Waals surface area contributed by atoms with Crippen molar-refractivity contribution in [1.82, 2.24) is 9.55 Å². The molecule has 174 valence electrons. The Morgan fingerprint density at radius 1 is 1.09 bits per heavy atom. The van der Waals surface area contributed by atoms with Gasteiger partial charge in [0.05, 0.1) is 23.8 Å². The summed E-state index contributed by atoms with van der Waals surface area (Å²) in [4.78, 5) is 19.7. The van der Waals surface area contributed by atoms with E-state index >= 15 is 0 Å². The van der Waals surface area contributed by atoms with E-state index in [-0.39, 0.29) is 12.1 Å². The van der Waals surface area contributed by atoms with E-state index in [2.05, 4.69) is 60.9 Å². The smallest absolute Gasteiger partial charge is 0.414 e.